The topological polar surface area (TPSA) is 66.0 Å². The van der Waals surface area contributed by atoms with Crippen LogP contribution in [0.3, 0.4) is 0 Å². The fourth-order valence-electron chi connectivity index (χ4n) is 2.74. The predicted octanol–water partition coefficient (Wildman–Crippen LogP) is 3.51. The molecule has 0 spiro atoms. The maximum Gasteiger partial charge on any atom is 0.207 e. The van der Waals surface area contributed by atoms with Crippen LogP contribution in [0.15, 0.2) is 53.4 Å². The number of ether oxygens (including phenoxy) is 1. The van der Waals surface area contributed by atoms with Gasteiger partial charge in [-0.15, -0.1) is 0 Å². The second kappa shape index (κ2) is 6.73. The van der Waals surface area contributed by atoms with Gasteiger partial charge in [0.25, 0.3) is 0 Å². The minimum absolute atomic E-state index is 0.447. The normalized spacial score (nSPS) is 10.5. The molecule has 0 atom stereocenters. The average Bonchev–Trinajstić information content (AvgIpc) is 3.33. The molecule has 0 saturated heterocycles. The maximum absolute atomic E-state index is 5.51. The van der Waals surface area contributed by atoms with Crippen LogP contribution in [0.1, 0.15) is 18.3 Å². The van der Waals surface area contributed by atoms with Crippen molar-refractivity contribution < 1.29 is 9.15 Å². The van der Waals surface area contributed by atoms with E-state index >= 15 is 0 Å². The van der Waals surface area contributed by atoms with E-state index in [1.807, 2.05) is 41.0 Å². The molecule has 0 bridgehead atoms. The van der Waals surface area contributed by atoms with Crippen LogP contribution in [-0.4, -0.2) is 26.6 Å². The molecule has 4 aromatic rings. The minimum atomic E-state index is 0.447. The van der Waals surface area contributed by atoms with Crippen LogP contribution in [0.4, 0.5) is 0 Å². The van der Waals surface area contributed by atoms with E-state index in [9.17, 15) is 0 Å². The summed E-state index contributed by atoms with van der Waals surface area (Å²) in [6.45, 7) is 2.39. The summed E-state index contributed by atoms with van der Waals surface area (Å²) in [5.41, 5.74) is 3.17. The van der Waals surface area contributed by atoms with Gasteiger partial charge in [-0.1, -0.05) is 18.1 Å². The number of hydrogen-bond acceptors (Lipinski definition) is 5. The molecule has 0 radical (unpaired) electrons. The number of furan rings is 1. The first-order valence-corrected chi connectivity index (χ1v) is 8.11. The van der Waals surface area contributed by atoms with Crippen LogP contribution in [0.25, 0.3) is 22.6 Å². The number of methoxy groups -OCH3 is 1. The third kappa shape index (κ3) is 2.91. The molecule has 3 aromatic heterocycles. The first-order valence-electron chi connectivity index (χ1n) is 8.11. The van der Waals surface area contributed by atoms with Crippen LogP contribution in [0.5, 0.6) is 5.75 Å². The Balaban J connectivity index is 1.81. The Bertz CT molecular complexity index is 1100. The SMILES string of the molecule is CC#Cc1nc(-c2ccco2)c2ncn(Cc3ccc(OC)cc3)c2n1. The smallest absolute Gasteiger partial charge is 0.207 e. The van der Waals surface area contributed by atoms with E-state index in [0.717, 1.165) is 17.0 Å². The molecule has 0 N–H and O–H groups in total. The third-order valence-corrected chi connectivity index (χ3v) is 3.97. The van der Waals surface area contributed by atoms with Gasteiger partial charge in [0.05, 0.1) is 26.2 Å². The molecule has 0 saturated carbocycles. The Morgan fingerprint density at radius 2 is 2.00 bits per heavy atom. The van der Waals surface area contributed by atoms with E-state index in [2.05, 4.69) is 26.8 Å². The summed E-state index contributed by atoms with van der Waals surface area (Å²) in [7, 11) is 1.65. The summed E-state index contributed by atoms with van der Waals surface area (Å²) >= 11 is 0. The number of rotatable bonds is 4. The molecule has 0 unspecified atom stereocenters. The van der Waals surface area contributed by atoms with Crippen molar-refractivity contribution in [1.82, 2.24) is 19.5 Å². The van der Waals surface area contributed by atoms with Crippen molar-refractivity contribution in [2.75, 3.05) is 7.11 Å². The standard InChI is InChI=1S/C20H16N4O2/c1-3-5-17-22-18(16-6-4-11-26-16)19-20(23-17)24(13-21-19)12-14-7-9-15(25-2)10-8-14/h4,6-11,13H,12H2,1-2H3. The van der Waals surface area contributed by atoms with E-state index in [1.165, 1.54) is 0 Å². The largest absolute Gasteiger partial charge is 0.497 e. The van der Waals surface area contributed by atoms with Crippen molar-refractivity contribution in [2.45, 2.75) is 13.5 Å². The Kier molecular flexibility index (Phi) is 4.12. The molecule has 6 heteroatoms. The molecule has 0 amide bonds. The second-order valence-corrected chi connectivity index (χ2v) is 5.64. The van der Waals surface area contributed by atoms with Crippen LogP contribution in [0, 0.1) is 11.8 Å². The van der Waals surface area contributed by atoms with Gasteiger partial charge >= 0.3 is 0 Å². The molecule has 0 aliphatic heterocycles. The van der Waals surface area contributed by atoms with Crippen molar-refractivity contribution >= 4 is 11.2 Å². The fraction of sp³-hybridized carbons (Fsp3) is 0.150. The second-order valence-electron chi connectivity index (χ2n) is 5.64. The van der Waals surface area contributed by atoms with Gasteiger partial charge in [0.2, 0.25) is 5.82 Å². The molecule has 0 aliphatic carbocycles. The number of hydrogen-bond donors (Lipinski definition) is 0. The summed E-state index contributed by atoms with van der Waals surface area (Å²) in [6.07, 6.45) is 3.38. The van der Waals surface area contributed by atoms with Gasteiger partial charge in [0.1, 0.15) is 17.0 Å². The third-order valence-electron chi connectivity index (χ3n) is 3.97. The van der Waals surface area contributed by atoms with Gasteiger partial charge in [-0.05, 0) is 42.7 Å². The Morgan fingerprint density at radius 1 is 1.15 bits per heavy atom. The van der Waals surface area contributed by atoms with Crippen molar-refractivity contribution in [2.24, 2.45) is 0 Å². The van der Waals surface area contributed by atoms with Crippen molar-refractivity contribution in [1.29, 1.82) is 0 Å². The highest BCUT2D eigenvalue weighted by Gasteiger charge is 2.16. The van der Waals surface area contributed by atoms with Crippen LogP contribution in [-0.2, 0) is 6.54 Å². The zero-order valence-corrected chi connectivity index (χ0v) is 14.4. The Hall–Kier alpha value is -3.59. The summed E-state index contributed by atoms with van der Waals surface area (Å²) in [5, 5.41) is 0. The number of nitrogens with zero attached hydrogens (tertiary/aromatic N) is 4. The number of imidazole rings is 1. The molecule has 0 fully saturated rings. The summed E-state index contributed by atoms with van der Waals surface area (Å²) in [5.74, 6) is 7.69. The van der Waals surface area contributed by atoms with E-state index in [-0.39, 0.29) is 0 Å². The lowest BCUT2D eigenvalue weighted by molar-refractivity contribution is 0.414. The Morgan fingerprint density at radius 3 is 2.69 bits per heavy atom. The van der Waals surface area contributed by atoms with Crippen LogP contribution < -0.4 is 4.74 Å². The van der Waals surface area contributed by atoms with E-state index < -0.39 is 0 Å². The van der Waals surface area contributed by atoms with E-state index in [4.69, 9.17) is 9.15 Å². The lowest BCUT2D eigenvalue weighted by atomic mass is 10.2. The lowest BCUT2D eigenvalue weighted by Gasteiger charge is -2.06. The van der Waals surface area contributed by atoms with Gasteiger partial charge in [0, 0.05) is 0 Å². The average molecular weight is 344 g/mol. The fourth-order valence-corrected chi connectivity index (χ4v) is 2.74. The molecule has 3 heterocycles. The van der Waals surface area contributed by atoms with E-state index in [1.54, 1.807) is 26.6 Å². The molecule has 26 heavy (non-hydrogen) atoms. The molecule has 4 rings (SSSR count). The number of benzene rings is 1. The number of aromatic nitrogens is 4. The molecular formula is C20H16N4O2. The van der Waals surface area contributed by atoms with Crippen molar-refractivity contribution in [3.63, 3.8) is 0 Å². The van der Waals surface area contributed by atoms with Gasteiger partial charge < -0.3 is 13.7 Å². The minimum Gasteiger partial charge on any atom is -0.497 e. The molecule has 6 nitrogen and oxygen atoms in total. The zero-order valence-electron chi connectivity index (χ0n) is 14.4. The predicted molar refractivity (Wildman–Crippen MR) is 97.7 cm³/mol. The van der Waals surface area contributed by atoms with Gasteiger partial charge in [-0.25, -0.2) is 15.0 Å². The van der Waals surface area contributed by atoms with Gasteiger partial charge in [0.15, 0.2) is 11.4 Å². The number of fused-ring (bicyclic) bond motifs is 1. The first kappa shape index (κ1) is 15.9. The van der Waals surface area contributed by atoms with Gasteiger partial charge in [-0.2, -0.15) is 0 Å². The summed E-state index contributed by atoms with van der Waals surface area (Å²) in [6, 6.07) is 11.6. The highest BCUT2D eigenvalue weighted by atomic mass is 16.5. The van der Waals surface area contributed by atoms with E-state index in [0.29, 0.717) is 29.3 Å². The zero-order chi connectivity index (χ0) is 17.9. The molecule has 128 valence electrons. The quantitative estimate of drug-likeness (QED) is 0.530. The van der Waals surface area contributed by atoms with Crippen molar-refractivity contribution in [3.8, 4) is 29.0 Å². The van der Waals surface area contributed by atoms with Crippen LogP contribution in [0.2, 0.25) is 0 Å². The van der Waals surface area contributed by atoms with Crippen molar-refractivity contribution in [3.05, 3.63) is 60.4 Å². The molecule has 0 aliphatic rings. The Labute approximate surface area is 150 Å². The summed E-state index contributed by atoms with van der Waals surface area (Å²) in [4.78, 5) is 13.6. The first-order chi connectivity index (χ1) is 12.8. The van der Waals surface area contributed by atoms with Gasteiger partial charge in [-0.3, -0.25) is 0 Å². The highest BCUT2D eigenvalue weighted by molar-refractivity contribution is 5.86. The monoisotopic (exact) mass is 344 g/mol. The summed E-state index contributed by atoms with van der Waals surface area (Å²) < 4.78 is 12.7. The lowest BCUT2D eigenvalue weighted by Crippen LogP contribution is -2.02. The molecule has 1 aromatic carbocycles. The highest BCUT2D eigenvalue weighted by Crippen LogP contribution is 2.26. The molecular weight excluding hydrogens is 328 g/mol. The van der Waals surface area contributed by atoms with Crippen LogP contribution >= 0.6 is 0 Å². The maximum atomic E-state index is 5.51.